The molecular weight excluding hydrogens is 281 g/mol. The van der Waals surface area contributed by atoms with Crippen LogP contribution in [0.1, 0.15) is 12.0 Å². The van der Waals surface area contributed by atoms with E-state index in [9.17, 15) is 12.8 Å². The fraction of sp³-hybridized carbons (Fsp3) is 0.571. The van der Waals surface area contributed by atoms with Crippen LogP contribution >= 0.6 is 0 Å². The molecule has 2 rings (SSSR count). The predicted octanol–water partition coefficient (Wildman–Crippen LogP) is 0.850. The Bertz CT molecular complexity index is 547. The molecule has 1 saturated heterocycles. The summed E-state index contributed by atoms with van der Waals surface area (Å²) in [5, 5.41) is 9.11. The first-order valence-electron chi connectivity index (χ1n) is 6.80. The first-order chi connectivity index (χ1) is 9.52. The number of hydrogen-bond acceptors (Lipinski definition) is 4. The van der Waals surface area contributed by atoms with Crippen molar-refractivity contribution in [3.05, 3.63) is 35.6 Å². The Morgan fingerprint density at radius 1 is 1.30 bits per heavy atom. The number of aliphatic hydroxyl groups is 1. The average Bonchev–Trinajstić information content (AvgIpc) is 2.76. The average molecular weight is 301 g/mol. The van der Waals surface area contributed by atoms with E-state index in [1.807, 2.05) is 4.90 Å². The molecule has 1 fully saturated rings. The van der Waals surface area contributed by atoms with Crippen LogP contribution in [0.5, 0.6) is 0 Å². The van der Waals surface area contributed by atoms with Gasteiger partial charge in [-0.1, -0.05) is 18.2 Å². The third kappa shape index (κ3) is 4.01. The summed E-state index contributed by atoms with van der Waals surface area (Å²) < 4.78 is 36.6. The highest BCUT2D eigenvalue weighted by Crippen LogP contribution is 2.18. The van der Waals surface area contributed by atoms with Gasteiger partial charge < -0.3 is 5.11 Å². The Kier molecular flexibility index (Phi) is 5.12. The molecule has 1 aliphatic heterocycles. The zero-order valence-corrected chi connectivity index (χ0v) is 12.2. The highest BCUT2D eigenvalue weighted by Gasteiger charge is 2.31. The van der Waals surface area contributed by atoms with Gasteiger partial charge in [-0.05, 0) is 24.5 Å². The maximum Gasteiger partial charge on any atom is 0.151 e. The molecule has 4 nitrogen and oxygen atoms in total. The largest absolute Gasteiger partial charge is 0.395 e. The second kappa shape index (κ2) is 6.65. The SMILES string of the molecule is O=S1(=O)CCC(N(CCO)CCc2ccccc2F)C1. The first-order valence-corrected chi connectivity index (χ1v) is 8.63. The third-order valence-corrected chi connectivity index (χ3v) is 5.49. The summed E-state index contributed by atoms with van der Waals surface area (Å²) in [5.41, 5.74) is 0.622. The van der Waals surface area contributed by atoms with E-state index in [0.717, 1.165) is 0 Å². The van der Waals surface area contributed by atoms with E-state index in [2.05, 4.69) is 0 Å². The molecule has 0 radical (unpaired) electrons. The molecule has 1 aromatic carbocycles. The molecule has 0 amide bonds. The molecule has 0 bridgehead atoms. The van der Waals surface area contributed by atoms with Gasteiger partial charge >= 0.3 is 0 Å². The molecule has 1 heterocycles. The lowest BCUT2D eigenvalue weighted by Gasteiger charge is -2.27. The van der Waals surface area contributed by atoms with Crippen LogP contribution in [-0.4, -0.2) is 55.7 Å². The first kappa shape index (κ1) is 15.4. The zero-order valence-electron chi connectivity index (χ0n) is 11.3. The van der Waals surface area contributed by atoms with E-state index < -0.39 is 9.84 Å². The van der Waals surface area contributed by atoms with E-state index >= 15 is 0 Å². The highest BCUT2D eigenvalue weighted by molar-refractivity contribution is 7.91. The summed E-state index contributed by atoms with van der Waals surface area (Å²) in [5.74, 6) is 0.110. The molecule has 0 spiro atoms. The monoisotopic (exact) mass is 301 g/mol. The Morgan fingerprint density at radius 3 is 2.65 bits per heavy atom. The second-order valence-corrected chi connectivity index (χ2v) is 7.39. The van der Waals surface area contributed by atoms with Gasteiger partial charge in [-0.25, -0.2) is 12.8 Å². The highest BCUT2D eigenvalue weighted by atomic mass is 32.2. The van der Waals surface area contributed by atoms with Crippen LogP contribution in [0.15, 0.2) is 24.3 Å². The number of hydrogen-bond donors (Lipinski definition) is 1. The van der Waals surface area contributed by atoms with Crippen LogP contribution < -0.4 is 0 Å². The lowest BCUT2D eigenvalue weighted by molar-refractivity contribution is 0.161. The Hall–Kier alpha value is -0.980. The van der Waals surface area contributed by atoms with E-state index in [-0.39, 0.29) is 30.0 Å². The summed E-state index contributed by atoms with van der Waals surface area (Å²) >= 11 is 0. The summed E-state index contributed by atoms with van der Waals surface area (Å²) in [7, 11) is -2.95. The van der Waals surface area contributed by atoms with Crippen molar-refractivity contribution in [1.29, 1.82) is 0 Å². The molecule has 20 heavy (non-hydrogen) atoms. The van der Waals surface area contributed by atoms with Crippen LogP contribution in [0.4, 0.5) is 4.39 Å². The lowest BCUT2D eigenvalue weighted by Crippen LogP contribution is -2.39. The molecule has 1 N–H and O–H groups in total. The molecule has 0 aromatic heterocycles. The molecule has 1 atom stereocenters. The fourth-order valence-electron chi connectivity index (χ4n) is 2.63. The number of nitrogens with zero attached hydrogens (tertiary/aromatic N) is 1. The van der Waals surface area contributed by atoms with E-state index in [4.69, 9.17) is 5.11 Å². The molecule has 1 aliphatic rings. The minimum Gasteiger partial charge on any atom is -0.395 e. The molecule has 1 unspecified atom stereocenters. The number of rotatable bonds is 6. The minimum atomic E-state index is -2.95. The van der Waals surface area contributed by atoms with Crippen molar-refractivity contribution in [2.75, 3.05) is 31.2 Å². The number of benzene rings is 1. The van der Waals surface area contributed by atoms with Crippen LogP contribution in [0.2, 0.25) is 0 Å². The van der Waals surface area contributed by atoms with Gasteiger partial charge in [0.15, 0.2) is 9.84 Å². The zero-order chi connectivity index (χ0) is 14.6. The van der Waals surface area contributed by atoms with Gasteiger partial charge in [-0.15, -0.1) is 0 Å². The number of aliphatic hydroxyl groups excluding tert-OH is 1. The topological polar surface area (TPSA) is 57.6 Å². The van der Waals surface area contributed by atoms with Gasteiger partial charge in [0.05, 0.1) is 18.1 Å². The molecular formula is C14H20FNO3S. The van der Waals surface area contributed by atoms with Gasteiger partial charge in [0.25, 0.3) is 0 Å². The van der Waals surface area contributed by atoms with Crippen molar-refractivity contribution in [2.45, 2.75) is 18.9 Å². The van der Waals surface area contributed by atoms with Crippen molar-refractivity contribution < 1.29 is 17.9 Å². The van der Waals surface area contributed by atoms with Crippen molar-refractivity contribution >= 4 is 9.84 Å². The van der Waals surface area contributed by atoms with Gasteiger partial charge in [0, 0.05) is 19.1 Å². The van der Waals surface area contributed by atoms with E-state index in [1.54, 1.807) is 18.2 Å². The van der Waals surface area contributed by atoms with Crippen LogP contribution in [0.25, 0.3) is 0 Å². The Morgan fingerprint density at radius 2 is 2.05 bits per heavy atom. The summed E-state index contributed by atoms with van der Waals surface area (Å²) in [6, 6.07) is 6.53. The van der Waals surface area contributed by atoms with Crippen LogP contribution in [0, 0.1) is 5.82 Å². The maximum atomic E-state index is 13.6. The third-order valence-electron chi connectivity index (χ3n) is 3.74. The normalized spacial score (nSPS) is 21.4. The Balaban J connectivity index is 1.98. The molecule has 0 saturated carbocycles. The Labute approximate surface area is 119 Å². The van der Waals surface area contributed by atoms with Gasteiger partial charge in [0.2, 0.25) is 0 Å². The second-order valence-electron chi connectivity index (χ2n) is 5.16. The minimum absolute atomic E-state index is 0.0200. The summed E-state index contributed by atoms with van der Waals surface area (Å²) in [4.78, 5) is 1.96. The lowest BCUT2D eigenvalue weighted by atomic mass is 10.1. The maximum absolute atomic E-state index is 13.6. The number of halogens is 1. The van der Waals surface area contributed by atoms with Crippen molar-refractivity contribution in [3.63, 3.8) is 0 Å². The fourth-order valence-corrected chi connectivity index (χ4v) is 4.40. The molecule has 1 aromatic rings. The molecule has 6 heteroatoms. The molecule has 0 aliphatic carbocycles. The standard InChI is InChI=1S/C14H20FNO3S/c15-14-4-2-1-3-12(14)5-7-16(8-9-17)13-6-10-20(18,19)11-13/h1-4,13,17H,5-11H2. The van der Waals surface area contributed by atoms with Crippen molar-refractivity contribution in [3.8, 4) is 0 Å². The van der Waals surface area contributed by atoms with Gasteiger partial charge in [-0.3, -0.25) is 4.90 Å². The predicted molar refractivity (Wildman–Crippen MR) is 75.8 cm³/mol. The van der Waals surface area contributed by atoms with Crippen molar-refractivity contribution in [2.24, 2.45) is 0 Å². The van der Waals surface area contributed by atoms with Gasteiger partial charge in [-0.2, -0.15) is 0 Å². The quantitative estimate of drug-likeness (QED) is 0.846. The number of sulfone groups is 1. The smallest absolute Gasteiger partial charge is 0.151 e. The van der Waals surface area contributed by atoms with Crippen LogP contribution in [-0.2, 0) is 16.3 Å². The summed E-state index contributed by atoms with van der Waals surface area (Å²) in [6.45, 7) is 0.962. The summed E-state index contributed by atoms with van der Waals surface area (Å²) in [6.07, 6.45) is 1.11. The van der Waals surface area contributed by atoms with Crippen molar-refractivity contribution in [1.82, 2.24) is 4.90 Å². The van der Waals surface area contributed by atoms with E-state index in [1.165, 1.54) is 6.07 Å². The van der Waals surface area contributed by atoms with Gasteiger partial charge in [0.1, 0.15) is 5.82 Å². The van der Waals surface area contributed by atoms with Crippen LogP contribution in [0.3, 0.4) is 0 Å². The molecule has 112 valence electrons. The van der Waals surface area contributed by atoms with E-state index in [0.29, 0.717) is 31.5 Å².